The van der Waals surface area contributed by atoms with Gasteiger partial charge in [-0.1, -0.05) is 0 Å². The van der Waals surface area contributed by atoms with Crippen molar-refractivity contribution in [3.05, 3.63) is 5.82 Å². The van der Waals surface area contributed by atoms with Crippen LogP contribution in [0.2, 0.25) is 0 Å². The van der Waals surface area contributed by atoms with Crippen LogP contribution in [0.4, 0.5) is 5.13 Å². The molecule has 5 heteroatoms. The second-order valence-corrected chi connectivity index (χ2v) is 6.50. The fourth-order valence-corrected chi connectivity index (χ4v) is 3.01. The average Bonchev–Trinajstić information content (AvgIpc) is 3.17. The van der Waals surface area contributed by atoms with Gasteiger partial charge in [0.25, 0.3) is 0 Å². The number of nitrogens with one attached hydrogen (secondary N) is 1. The topological polar surface area (TPSA) is 37.8 Å². The Bertz CT molecular complexity index is 355. The summed E-state index contributed by atoms with van der Waals surface area (Å²) in [7, 11) is 0. The highest BCUT2D eigenvalue weighted by atomic mass is 32.2. The molecule has 1 aromatic rings. The van der Waals surface area contributed by atoms with Crippen LogP contribution in [0.5, 0.6) is 0 Å². The molecule has 0 bridgehead atoms. The van der Waals surface area contributed by atoms with Gasteiger partial charge in [0.2, 0.25) is 5.13 Å². The second-order valence-electron chi connectivity index (χ2n) is 4.47. The zero-order valence-electron chi connectivity index (χ0n) is 8.82. The molecule has 82 valence electrons. The second kappa shape index (κ2) is 3.63. The Morgan fingerprint density at radius 2 is 2.33 bits per heavy atom. The predicted molar refractivity (Wildman–Crippen MR) is 65.9 cm³/mol. The van der Waals surface area contributed by atoms with Crippen molar-refractivity contribution in [2.75, 3.05) is 18.1 Å². The number of nitrogens with zero attached hydrogens (tertiary/aromatic N) is 2. The van der Waals surface area contributed by atoms with Crippen molar-refractivity contribution in [1.82, 2.24) is 9.36 Å². The number of aromatic nitrogens is 2. The lowest BCUT2D eigenvalue weighted by atomic mass is 10.4. The first-order valence-corrected chi connectivity index (χ1v) is 7.44. The third kappa shape index (κ3) is 2.13. The summed E-state index contributed by atoms with van der Waals surface area (Å²) in [6, 6.07) is 0. The highest BCUT2D eigenvalue weighted by Gasteiger charge is 2.41. The van der Waals surface area contributed by atoms with Crippen LogP contribution >= 0.6 is 23.3 Å². The predicted octanol–water partition coefficient (Wildman–Crippen LogP) is 2.72. The van der Waals surface area contributed by atoms with E-state index in [0.29, 0.717) is 10.7 Å². The first-order valence-electron chi connectivity index (χ1n) is 5.44. The Morgan fingerprint density at radius 3 is 2.93 bits per heavy atom. The Labute approximate surface area is 98.2 Å². The normalized spacial score (nSPS) is 22.7. The van der Waals surface area contributed by atoms with E-state index in [1.165, 1.54) is 37.2 Å². The molecular weight excluding hydrogens is 226 g/mol. The van der Waals surface area contributed by atoms with Crippen LogP contribution < -0.4 is 5.32 Å². The molecule has 1 N–H and O–H groups in total. The van der Waals surface area contributed by atoms with Gasteiger partial charge in [-0.05, 0) is 31.9 Å². The van der Waals surface area contributed by atoms with Gasteiger partial charge in [0.1, 0.15) is 5.82 Å². The maximum Gasteiger partial charge on any atom is 0.202 e. The fraction of sp³-hybridized carbons (Fsp3) is 0.800. The molecule has 0 atom stereocenters. The SMILES string of the molecule is CSC1(CNc2nc(C3CC3)ns2)CC1. The molecule has 0 saturated heterocycles. The molecule has 2 aliphatic rings. The molecule has 2 fully saturated rings. The van der Waals surface area contributed by atoms with Gasteiger partial charge >= 0.3 is 0 Å². The lowest BCUT2D eigenvalue weighted by Gasteiger charge is -2.11. The summed E-state index contributed by atoms with van der Waals surface area (Å²) in [5, 5.41) is 4.44. The van der Waals surface area contributed by atoms with Crippen LogP contribution in [0.25, 0.3) is 0 Å². The van der Waals surface area contributed by atoms with E-state index >= 15 is 0 Å². The third-order valence-corrected chi connectivity index (χ3v) is 5.29. The summed E-state index contributed by atoms with van der Waals surface area (Å²) < 4.78 is 4.89. The molecule has 2 aliphatic carbocycles. The molecule has 3 nitrogen and oxygen atoms in total. The van der Waals surface area contributed by atoms with Crippen molar-refractivity contribution in [2.24, 2.45) is 0 Å². The lowest BCUT2D eigenvalue weighted by molar-refractivity contribution is 0.934. The van der Waals surface area contributed by atoms with E-state index in [-0.39, 0.29) is 0 Å². The maximum absolute atomic E-state index is 4.52. The molecule has 2 saturated carbocycles. The van der Waals surface area contributed by atoms with Gasteiger partial charge in [-0.3, -0.25) is 0 Å². The highest BCUT2D eigenvalue weighted by molar-refractivity contribution is 8.00. The van der Waals surface area contributed by atoms with Crippen molar-refractivity contribution in [1.29, 1.82) is 0 Å². The van der Waals surface area contributed by atoms with Crippen LogP contribution in [-0.4, -0.2) is 26.9 Å². The molecule has 0 spiro atoms. The number of thioether (sulfide) groups is 1. The van der Waals surface area contributed by atoms with E-state index in [0.717, 1.165) is 17.5 Å². The summed E-state index contributed by atoms with van der Waals surface area (Å²) >= 11 is 3.49. The van der Waals surface area contributed by atoms with E-state index in [1.54, 1.807) is 0 Å². The Hall–Kier alpha value is -0.290. The molecule has 0 radical (unpaired) electrons. The minimum Gasteiger partial charge on any atom is -0.359 e. The summed E-state index contributed by atoms with van der Waals surface area (Å²) in [6.07, 6.45) is 7.45. The number of rotatable bonds is 5. The van der Waals surface area contributed by atoms with Crippen molar-refractivity contribution >= 4 is 28.4 Å². The molecule has 0 unspecified atom stereocenters. The standard InChI is InChI=1S/C10H15N3S2/c1-14-10(4-5-10)6-11-9-12-8(13-15-9)7-2-3-7/h7H,2-6H2,1H3,(H,11,12,13). The van der Waals surface area contributed by atoms with Gasteiger partial charge in [0.15, 0.2) is 0 Å². The van der Waals surface area contributed by atoms with Crippen LogP contribution in [-0.2, 0) is 0 Å². The molecule has 15 heavy (non-hydrogen) atoms. The maximum atomic E-state index is 4.52. The third-order valence-electron chi connectivity index (χ3n) is 3.19. The summed E-state index contributed by atoms with van der Waals surface area (Å²) in [5.74, 6) is 1.74. The van der Waals surface area contributed by atoms with Gasteiger partial charge < -0.3 is 5.32 Å². The van der Waals surface area contributed by atoms with Gasteiger partial charge in [-0.2, -0.15) is 16.1 Å². The largest absolute Gasteiger partial charge is 0.359 e. The van der Waals surface area contributed by atoms with Crippen molar-refractivity contribution in [3.63, 3.8) is 0 Å². The van der Waals surface area contributed by atoms with Crippen molar-refractivity contribution in [3.8, 4) is 0 Å². The van der Waals surface area contributed by atoms with E-state index in [1.807, 2.05) is 11.8 Å². The van der Waals surface area contributed by atoms with E-state index < -0.39 is 0 Å². The molecular formula is C10H15N3S2. The Morgan fingerprint density at radius 1 is 1.53 bits per heavy atom. The number of hydrogen-bond donors (Lipinski definition) is 1. The molecule has 3 rings (SSSR count). The lowest BCUT2D eigenvalue weighted by Crippen LogP contribution is -2.17. The number of anilines is 1. The molecule has 1 heterocycles. The molecule has 0 aliphatic heterocycles. The number of hydrogen-bond acceptors (Lipinski definition) is 5. The van der Waals surface area contributed by atoms with Crippen molar-refractivity contribution < 1.29 is 0 Å². The minimum absolute atomic E-state index is 0.505. The Kier molecular flexibility index (Phi) is 2.39. The summed E-state index contributed by atoms with van der Waals surface area (Å²) in [6.45, 7) is 1.05. The van der Waals surface area contributed by atoms with Crippen LogP contribution in [0.15, 0.2) is 0 Å². The zero-order valence-corrected chi connectivity index (χ0v) is 10.5. The molecule has 1 aromatic heterocycles. The zero-order chi connectivity index (χ0) is 10.3. The van der Waals surface area contributed by atoms with Crippen molar-refractivity contribution in [2.45, 2.75) is 36.3 Å². The average molecular weight is 241 g/mol. The minimum atomic E-state index is 0.505. The van der Waals surface area contributed by atoms with Gasteiger partial charge in [0, 0.05) is 28.7 Å². The van der Waals surface area contributed by atoms with Crippen LogP contribution in [0, 0.1) is 0 Å². The molecule has 0 aromatic carbocycles. The smallest absolute Gasteiger partial charge is 0.202 e. The Balaban J connectivity index is 1.57. The quantitative estimate of drug-likeness (QED) is 0.860. The van der Waals surface area contributed by atoms with E-state index in [2.05, 4.69) is 20.9 Å². The van der Waals surface area contributed by atoms with Crippen LogP contribution in [0.3, 0.4) is 0 Å². The van der Waals surface area contributed by atoms with Crippen LogP contribution in [0.1, 0.15) is 37.4 Å². The molecule has 0 amide bonds. The van der Waals surface area contributed by atoms with E-state index in [4.69, 9.17) is 0 Å². The van der Waals surface area contributed by atoms with Gasteiger partial charge in [-0.15, -0.1) is 0 Å². The summed E-state index contributed by atoms with van der Waals surface area (Å²) in [4.78, 5) is 4.52. The fourth-order valence-electron chi connectivity index (χ4n) is 1.64. The first kappa shape index (κ1) is 9.90. The van der Waals surface area contributed by atoms with Gasteiger partial charge in [-0.25, -0.2) is 4.98 Å². The summed E-state index contributed by atoms with van der Waals surface area (Å²) in [5.41, 5.74) is 0. The van der Waals surface area contributed by atoms with E-state index in [9.17, 15) is 0 Å². The first-order chi connectivity index (χ1) is 7.31. The highest BCUT2D eigenvalue weighted by Crippen LogP contribution is 2.47. The van der Waals surface area contributed by atoms with Gasteiger partial charge in [0.05, 0.1) is 0 Å². The monoisotopic (exact) mass is 241 g/mol.